The molecule has 29 heavy (non-hydrogen) atoms. The quantitative estimate of drug-likeness (QED) is 0.466. The molecule has 0 saturated heterocycles. The maximum absolute atomic E-state index is 11.8. The lowest BCUT2D eigenvalue weighted by Crippen LogP contribution is -2.06. The van der Waals surface area contributed by atoms with Crippen LogP contribution in [0.5, 0.6) is 0 Å². The van der Waals surface area contributed by atoms with Crippen molar-refractivity contribution in [2.75, 3.05) is 0 Å². The zero-order valence-electron chi connectivity index (χ0n) is 15.3. The number of fused-ring (bicyclic) bond motifs is 6. The zero-order chi connectivity index (χ0) is 21.0. The monoisotopic (exact) mass is 397 g/mol. The standard InChI is InChI=1S/C19H15N3O7/c1-3-7(2)10-5-4-8-12(20-10)13-15(29-16(21-13)18(25)26)11-9(17(23)24)6-22(14(8)11)19(27)28/h4-7H,3H2,1-2H3,(H,23,24)(H,25,26)(H,27,28). The van der Waals surface area contributed by atoms with Crippen LogP contribution in [0.3, 0.4) is 0 Å². The summed E-state index contributed by atoms with van der Waals surface area (Å²) in [7, 11) is 0. The second-order valence-electron chi connectivity index (χ2n) is 6.67. The van der Waals surface area contributed by atoms with Crippen molar-refractivity contribution in [1.82, 2.24) is 14.5 Å². The van der Waals surface area contributed by atoms with E-state index in [0.717, 1.165) is 17.2 Å². The Morgan fingerprint density at radius 2 is 1.83 bits per heavy atom. The minimum Gasteiger partial charge on any atom is -0.478 e. The highest BCUT2D eigenvalue weighted by molar-refractivity contribution is 6.26. The second kappa shape index (κ2) is 6.30. The molecule has 3 aromatic heterocycles. The molecule has 0 bridgehead atoms. The van der Waals surface area contributed by atoms with E-state index in [4.69, 9.17) is 4.42 Å². The van der Waals surface area contributed by atoms with Crippen LogP contribution in [0.15, 0.2) is 22.7 Å². The number of carboxylic acid groups (broad SMARTS) is 3. The molecular formula is C19H15N3O7. The van der Waals surface area contributed by atoms with Gasteiger partial charge >= 0.3 is 23.9 Å². The molecule has 148 valence electrons. The van der Waals surface area contributed by atoms with Crippen molar-refractivity contribution in [2.45, 2.75) is 26.2 Å². The minimum atomic E-state index is -1.44. The lowest BCUT2D eigenvalue weighted by Gasteiger charge is -2.10. The van der Waals surface area contributed by atoms with Gasteiger partial charge < -0.3 is 19.7 Å². The van der Waals surface area contributed by atoms with Crippen LogP contribution in [0.4, 0.5) is 4.79 Å². The summed E-state index contributed by atoms with van der Waals surface area (Å²) in [5, 5.41) is 28.7. The number of aromatic nitrogens is 3. The normalized spacial score (nSPS) is 12.6. The highest BCUT2D eigenvalue weighted by Gasteiger charge is 2.28. The molecule has 0 fully saturated rings. The van der Waals surface area contributed by atoms with Gasteiger partial charge in [-0.25, -0.2) is 19.4 Å². The molecule has 4 rings (SSSR count). The van der Waals surface area contributed by atoms with E-state index in [9.17, 15) is 29.7 Å². The molecule has 1 atom stereocenters. The molecule has 1 aromatic carbocycles. The Labute approximate surface area is 162 Å². The Hall–Kier alpha value is -3.95. The minimum absolute atomic E-state index is 0.0412. The maximum Gasteiger partial charge on any atom is 0.416 e. The lowest BCUT2D eigenvalue weighted by atomic mass is 10.0. The van der Waals surface area contributed by atoms with E-state index >= 15 is 0 Å². The first-order chi connectivity index (χ1) is 13.7. The first-order valence-corrected chi connectivity index (χ1v) is 8.72. The summed E-state index contributed by atoms with van der Waals surface area (Å²) in [4.78, 5) is 43.5. The smallest absolute Gasteiger partial charge is 0.416 e. The number of oxazole rings is 1. The van der Waals surface area contributed by atoms with Crippen LogP contribution < -0.4 is 0 Å². The van der Waals surface area contributed by atoms with Crippen LogP contribution in [0.2, 0.25) is 0 Å². The van der Waals surface area contributed by atoms with Crippen molar-refractivity contribution < 1.29 is 34.1 Å². The Bertz CT molecular complexity index is 1350. The predicted molar refractivity (Wildman–Crippen MR) is 101 cm³/mol. The fourth-order valence-corrected chi connectivity index (χ4v) is 3.38. The summed E-state index contributed by atoms with van der Waals surface area (Å²) < 4.78 is 6.11. The van der Waals surface area contributed by atoms with Crippen molar-refractivity contribution >= 4 is 50.9 Å². The Morgan fingerprint density at radius 1 is 1.10 bits per heavy atom. The lowest BCUT2D eigenvalue weighted by molar-refractivity contribution is 0.0654. The van der Waals surface area contributed by atoms with Crippen molar-refractivity contribution in [1.29, 1.82) is 0 Å². The Balaban J connectivity index is 2.30. The molecule has 0 aliphatic rings. The van der Waals surface area contributed by atoms with Crippen LogP contribution >= 0.6 is 0 Å². The molecular weight excluding hydrogens is 382 g/mol. The summed E-state index contributed by atoms with van der Waals surface area (Å²) >= 11 is 0. The number of hydrogen-bond acceptors (Lipinski definition) is 6. The molecule has 4 aromatic rings. The van der Waals surface area contributed by atoms with Crippen molar-refractivity contribution in [3.63, 3.8) is 0 Å². The summed E-state index contributed by atoms with van der Waals surface area (Å²) in [6, 6.07) is 3.38. The van der Waals surface area contributed by atoms with E-state index in [1.165, 1.54) is 0 Å². The van der Waals surface area contributed by atoms with E-state index in [1.54, 1.807) is 12.1 Å². The molecule has 0 spiro atoms. The van der Waals surface area contributed by atoms with Crippen LogP contribution in [0.25, 0.3) is 32.9 Å². The maximum atomic E-state index is 11.8. The van der Waals surface area contributed by atoms with Crippen LogP contribution in [-0.2, 0) is 0 Å². The van der Waals surface area contributed by atoms with Crippen molar-refractivity contribution in [2.24, 2.45) is 0 Å². The third-order valence-corrected chi connectivity index (χ3v) is 4.99. The molecule has 0 amide bonds. The second-order valence-corrected chi connectivity index (χ2v) is 6.67. The van der Waals surface area contributed by atoms with Gasteiger partial charge in [0.15, 0.2) is 5.58 Å². The third kappa shape index (κ3) is 2.60. The predicted octanol–water partition coefficient (Wildman–Crippen LogP) is 3.77. The van der Waals surface area contributed by atoms with E-state index in [0.29, 0.717) is 11.1 Å². The molecule has 0 aliphatic heterocycles. The van der Waals surface area contributed by atoms with Crippen molar-refractivity contribution in [3.8, 4) is 0 Å². The van der Waals surface area contributed by atoms with E-state index < -0.39 is 23.9 Å². The summed E-state index contributed by atoms with van der Waals surface area (Å²) in [6.45, 7) is 3.96. The van der Waals surface area contributed by atoms with E-state index in [1.807, 2.05) is 13.8 Å². The molecule has 10 heteroatoms. The van der Waals surface area contributed by atoms with Gasteiger partial charge in [0.1, 0.15) is 11.0 Å². The Morgan fingerprint density at radius 3 is 2.41 bits per heavy atom. The fourth-order valence-electron chi connectivity index (χ4n) is 3.38. The molecule has 1 unspecified atom stereocenters. The fraction of sp³-hybridized carbons (Fsp3) is 0.211. The van der Waals surface area contributed by atoms with Gasteiger partial charge in [0.25, 0.3) is 0 Å². The first-order valence-electron chi connectivity index (χ1n) is 8.72. The highest BCUT2D eigenvalue weighted by atomic mass is 16.4. The van der Waals surface area contributed by atoms with Crippen molar-refractivity contribution in [3.05, 3.63) is 35.5 Å². The average molecular weight is 397 g/mol. The number of pyridine rings is 1. The molecule has 0 radical (unpaired) electrons. The largest absolute Gasteiger partial charge is 0.478 e. The summed E-state index contributed by atoms with van der Waals surface area (Å²) in [5.74, 6) is -3.36. The summed E-state index contributed by atoms with van der Waals surface area (Å²) in [5.41, 5.74) is 0.616. The summed E-state index contributed by atoms with van der Waals surface area (Å²) in [6.07, 6.45) is 0.365. The first kappa shape index (κ1) is 18.4. The molecule has 3 heterocycles. The van der Waals surface area contributed by atoms with Gasteiger partial charge in [0.2, 0.25) is 0 Å². The van der Waals surface area contributed by atoms with Gasteiger partial charge in [-0.15, -0.1) is 0 Å². The van der Waals surface area contributed by atoms with Gasteiger partial charge in [-0.3, -0.25) is 9.55 Å². The Kier molecular flexibility index (Phi) is 4.00. The number of carbonyl (C=O) groups is 3. The van der Waals surface area contributed by atoms with Gasteiger partial charge in [0, 0.05) is 17.3 Å². The number of hydrogen-bond donors (Lipinski definition) is 3. The number of carboxylic acids is 2. The topological polar surface area (TPSA) is 156 Å². The van der Waals surface area contributed by atoms with Gasteiger partial charge in [-0.2, -0.15) is 0 Å². The van der Waals surface area contributed by atoms with Gasteiger partial charge in [-0.1, -0.05) is 13.8 Å². The number of aromatic carboxylic acids is 2. The van der Waals surface area contributed by atoms with Gasteiger partial charge in [0.05, 0.1) is 16.5 Å². The molecule has 0 saturated carbocycles. The third-order valence-electron chi connectivity index (χ3n) is 4.99. The highest BCUT2D eigenvalue weighted by Crippen LogP contribution is 2.38. The zero-order valence-corrected chi connectivity index (χ0v) is 15.3. The number of nitrogens with zero attached hydrogens (tertiary/aromatic N) is 3. The molecule has 10 nitrogen and oxygen atoms in total. The van der Waals surface area contributed by atoms with Crippen LogP contribution in [0, 0.1) is 0 Å². The van der Waals surface area contributed by atoms with E-state index in [2.05, 4.69) is 9.97 Å². The molecule has 0 aliphatic carbocycles. The molecule has 3 N–H and O–H groups in total. The van der Waals surface area contributed by atoms with Crippen LogP contribution in [-0.4, -0.2) is 47.9 Å². The average Bonchev–Trinajstić information content (AvgIpc) is 3.29. The van der Waals surface area contributed by atoms with Gasteiger partial charge in [-0.05, 0) is 24.5 Å². The van der Waals surface area contributed by atoms with Crippen LogP contribution in [0.1, 0.15) is 52.9 Å². The number of rotatable bonds is 4. The number of benzene rings is 1. The SMILES string of the molecule is CCC(C)c1ccc2c(n1)c1nc(C(=O)O)oc1c1c(C(=O)O)cn(C(=O)O)c21. The van der Waals surface area contributed by atoms with E-state index in [-0.39, 0.29) is 39.0 Å².